The van der Waals surface area contributed by atoms with E-state index in [0.717, 1.165) is 44.9 Å². The molecule has 0 aliphatic carbocycles. The van der Waals surface area contributed by atoms with Gasteiger partial charge < -0.3 is 0 Å². The Hall–Kier alpha value is -3.39. The maximum atomic E-state index is 2.66. The van der Waals surface area contributed by atoms with E-state index < -0.39 is 23.8 Å². The van der Waals surface area contributed by atoms with Gasteiger partial charge in [-0.1, -0.05) is 233 Å². The molecule has 6 aromatic rings. The fraction of sp³-hybridized carbons (Fsp3) is 0.429. The Bertz CT molecular complexity index is 1930. The molecule has 0 saturated carbocycles. The maximum absolute atomic E-state index is 2.66. The van der Waals surface area contributed by atoms with Crippen molar-refractivity contribution in [2.75, 3.05) is 0 Å². The van der Waals surface area contributed by atoms with Crippen LogP contribution in [0.4, 0.5) is 0 Å². The normalized spacial score (nSPS) is 11.9. The molecule has 350 valence electrons. The average molecular weight is 933 g/mol. The lowest BCUT2D eigenvalue weighted by molar-refractivity contribution is 0.796. The van der Waals surface area contributed by atoms with Gasteiger partial charge in [-0.25, -0.2) is 0 Å². The van der Waals surface area contributed by atoms with E-state index >= 15 is 0 Å². The van der Waals surface area contributed by atoms with Crippen molar-refractivity contribution in [1.82, 2.24) is 0 Å². The van der Waals surface area contributed by atoms with E-state index in [-0.39, 0.29) is 4.64 Å². The largest absolute Gasteiger partial charge is 0.0654 e. The third kappa shape index (κ3) is 12.4. The number of benzene rings is 6. The van der Waals surface area contributed by atoms with Gasteiger partial charge in [0.25, 0.3) is 0 Å². The van der Waals surface area contributed by atoms with Crippen LogP contribution in [0.15, 0.2) is 146 Å². The first-order chi connectivity index (χ1) is 32.5. The van der Waals surface area contributed by atoms with Gasteiger partial charge in [-0.2, -0.15) is 0 Å². The van der Waals surface area contributed by atoms with E-state index in [1.165, 1.54) is 77.0 Å². The summed E-state index contributed by atoms with van der Waals surface area (Å²) in [4.78, 5) is 0. The molecule has 0 amide bonds. The summed E-state index contributed by atoms with van der Waals surface area (Å²) in [5.74, 6) is 0. The summed E-state index contributed by atoms with van der Waals surface area (Å²) >= 11 is 0. The molecule has 6 rings (SSSR count). The molecule has 0 spiro atoms. The molecule has 0 atom stereocenters. The summed E-state index contributed by atoms with van der Waals surface area (Å²) in [5, 5.41) is 9.84. The molecule has 0 aliphatic heterocycles. The van der Waals surface area contributed by atoms with Crippen molar-refractivity contribution in [3.8, 4) is 0 Å². The highest BCUT2D eigenvalue weighted by Gasteiger charge is 2.55. The van der Waals surface area contributed by atoms with Gasteiger partial charge in [-0.3, -0.25) is 0 Å². The van der Waals surface area contributed by atoms with E-state index in [1.54, 1.807) is 65.2 Å². The molecular weight excluding hydrogens is 850 g/mol. The smallest absolute Gasteiger partial charge is 0.0543 e. The third-order valence-corrected chi connectivity index (χ3v) is 25.9. The monoisotopic (exact) mass is 933 g/mol. The van der Waals surface area contributed by atoms with Gasteiger partial charge in [-0.05, 0) is 172 Å². The Labute approximate surface area is 407 Å². The highest BCUT2D eigenvalue weighted by atomic mass is 31.2. The molecule has 6 aromatic carbocycles. The van der Waals surface area contributed by atoms with Crippen LogP contribution < -0.4 is 31.8 Å². The van der Waals surface area contributed by atoms with E-state index in [0.29, 0.717) is 0 Å². The van der Waals surface area contributed by atoms with Crippen molar-refractivity contribution in [3.05, 3.63) is 179 Å². The summed E-state index contributed by atoms with van der Waals surface area (Å²) in [6.07, 6.45) is 22.3. The van der Waals surface area contributed by atoms with Gasteiger partial charge in [0.2, 0.25) is 0 Å². The van der Waals surface area contributed by atoms with Crippen LogP contribution in [0.3, 0.4) is 0 Å². The maximum Gasteiger partial charge on any atom is 0.0543 e. The number of hydrogen-bond donors (Lipinski definition) is 0. The van der Waals surface area contributed by atoms with Crippen LogP contribution >= 0.6 is 23.8 Å². The molecule has 0 aliphatic rings. The Morgan fingerprint density at radius 3 is 0.576 bits per heavy atom. The fourth-order valence-corrected chi connectivity index (χ4v) is 24.7. The van der Waals surface area contributed by atoms with E-state index in [4.69, 9.17) is 0 Å². The molecular formula is C63H83P3. The molecule has 0 unspecified atom stereocenters. The molecule has 0 aromatic heterocycles. The Morgan fingerprint density at radius 2 is 0.424 bits per heavy atom. The molecule has 0 nitrogen and oxygen atoms in total. The van der Waals surface area contributed by atoms with Crippen molar-refractivity contribution in [2.45, 2.75) is 175 Å². The molecule has 0 heterocycles. The van der Waals surface area contributed by atoms with Gasteiger partial charge in [0, 0.05) is 0 Å². The number of aryl methyl sites for hydroxylation is 6. The second-order valence-corrected chi connectivity index (χ2v) is 26.8. The molecule has 0 saturated heterocycles. The van der Waals surface area contributed by atoms with Gasteiger partial charge in [0.1, 0.15) is 0 Å². The zero-order valence-electron chi connectivity index (χ0n) is 42.1. The molecule has 0 bridgehead atoms. The summed E-state index contributed by atoms with van der Waals surface area (Å²) in [6, 6.07) is 59.6. The minimum atomic E-state index is -0.990. The SMILES string of the molecule is CCCCc1ccccc1P(c1ccccc1CCCC)C(CC)(P(c1ccccc1CCCC)c1ccccc1CCCC)P(c1ccccc1CCCC)c1ccccc1CCCC. The lowest BCUT2D eigenvalue weighted by Gasteiger charge is -2.54. The van der Waals surface area contributed by atoms with E-state index in [1.807, 2.05) is 0 Å². The zero-order valence-corrected chi connectivity index (χ0v) is 44.8. The second-order valence-electron chi connectivity index (χ2n) is 18.5. The Morgan fingerprint density at radius 1 is 0.258 bits per heavy atom. The average Bonchev–Trinajstić information content (AvgIpc) is 3.36. The van der Waals surface area contributed by atoms with Crippen LogP contribution in [0.1, 0.15) is 165 Å². The predicted molar refractivity (Wildman–Crippen MR) is 302 cm³/mol. The first kappa shape index (κ1) is 52.0. The standard InChI is InChI=1S/C63H83P3/c1-8-15-33-51-39-21-27-45-57(51)64(58-46-28-22-40-52(58)34-16-9-2)63(14-7,65(59-47-29-23-41-53(59)35-17-10-3)60-48-30-24-42-54(60)36-18-11-4)66(61-49-31-25-43-55(61)37-19-12-5)62-50-32-26-44-56(62)38-20-13-6/h21-32,39-50H,8-20,33-38H2,1-7H3. The summed E-state index contributed by atoms with van der Waals surface area (Å²) in [6.45, 7) is 16.9. The van der Waals surface area contributed by atoms with Crippen molar-refractivity contribution in [2.24, 2.45) is 0 Å². The summed E-state index contributed by atoms with van der Waals surface area (Å²) in [7, 11) is -2.97. The first-order valence-corrected chi connectivity index (χ1v) is 30.4. The molecule has 0 radical (unpaired) electrons. The molecule has 0 N–H and O–H groups in total. The highest BCUT2D eigenvalue weighted by molar-refractivity contribution is 8.05. The minimum absolute atomic E-state index is 0.167. The Kier molecular flexibility index (Phi) is 21.7. The molecule has 66 heavy (non-hydrogen) atoms. The quantitative estimate of drug-likeness (QED) is 0.0430. The van der Waals surface area contributed by atoms with Crippen LogP contribution in [0, 0.1) is 0 Å². The van der Waals surface area contributed by atoms with Crippen LogP contribution in [-0.4, -0.2) is 4.64 Å². The highest BCUT2D eigenvalue weighted by Crippen LogP contribution is 2.80. The van der Waals surface area contributed by atoms with Gasteiger partial charge >= 0.3 is 0 Å². The summed E-state index contributed by atoms with van der Waals surface area (Å²) < 4.78 is -0.167. The second kappa shape index (κ2) is 27.6. The lowest BCUT2D eigenvalue weighted by atomic mass is 10.1. The number of hydrogen-bond acceptors (Lipinski definition) is 0. The zero-order chi connectivity index (χ0) is 46.6. The summed E-state index contributed by atoms with van der Waals surface area (Å²) in [5.41, 5.74) is 9.48. The Balaban J connectivity index is 1.95. The molecule has 3 heteroatoms. The van der Waals surface area contributed by atoms with Crippen LogP contribution in [0.2, 0.25) is 0 Å². The number of unbranched alkanes of at least 4 members (excludes halogenated alkanes) is 6. The van der Waals surface area contributed by atoms with Gasteiger partial charge in [-0.15, -0.1) is 0 Å². The van der Waals surface area contributed by atoms with Crippen molar-refractivity contribution < 1.29 is 0 Å². The van der Waals surface area contributed by atoms with Crippen LogP contribution in [0.5, 0.6) is 0 Å². The van der Waals surface area contributed by atoms with Crippen LogP contribution in [-0.2, 0) is 38.5 Å². The van der Waals surface area contributed by atoms with Gasteiger partial charge in [0.15, 0.2) is 0 Å². The van der Waals surface area contributed by atoms with E-state index in [9.17, 15) is 0 Å². The predicted octanol–water partition coefficient (Wildman–Crippen LogP) is 16.5. The van der Waals surface area contributed by atoms with Crippen molar-refractivity contribution in [3.63, 3.8) is 0 Å². The fourth-order valence-electron chi connectivity index (χ4n) is 10.2. The lowest BCUT2D eigenvalue weighted by Crippen LogP contribution is -2.44. The topological polar surface area (TPSA) is 0 Å². The minimum Gasteiger partial charge on any atom is -0.0654 e. The first-order valence-electron chi connectivity index (χ1n) is 26.4. The van der Waals surface area contributed by atoms with Gasteiger partial charge in [0.05, 0.1) is 4.64 Å². The van der Waals surface area contributed by atoms with Crippen LogP contribution in [0.25, 0.3) is 0 Å². The molecule has 0 fully saturated rings. The van der Waals surface area contributed by atoms with Crippen molar-refractivity contribution in [1.29, 1.82) is 0 Å². The third-order valence-electron chi connectivity index (χ3n) is 13.7. The van der Waals surface area contributed by atoms with Crippen molar-refractivity contribution >= 4 is 55.6 Å². The van der Waals surface area contributed by atoms with E-state index in [2.05, 4.69) is 194 Å². The number of rotatable bonds is 28.